The van der Waals surface area contributed by atoms with Gasteiger partial charge in [-0.3, -0.25) is 4.79 Å². The first-order valence-corrected chi connectivity index (χ1v) is 10.5. The average molecular weight is 426 g/mol. The molecule has 0 radical (unpaired) electrons. The summed E-state index contributed by atoms with van der Waals surface area (Å²) < 4.78 is 11.0. The van der Waals surface area contributed by atoms with Crippen molar-refractivity contribution >= 4 is 34.6 Å². The molecule has 3 rings (SSSR count). The Morgan fingerprint density at radius 1 is 1.20 bits per heavy atom. The molecule has 156 valence electrons. The number of benzene rings is 2. The lowest BCUT2D eigenvalue weighted by molar-refractivity contribution is -0.307. The van der Waals surface area contributed by atoms with Crippen molar-refractivity contribution in [2.75, 3.05) is 18.6 Å². The molecule has 3 aromatic rings. The number of nitrogens with one attached hydrogen (secondary N) is 1. The Balaban J connectivity index is 1.85. The van der Waals surface area contributed by atoms with Crippen LogP contribution in [0.5, 0.6) is 5.75 Å². The molecule has 2 aromatic carbocycles. The van der Waals surface area contributed by atoms with Gasteiger partial charge in [0.1, 0.15) is 11.3 Å². The number of carbonyl (C=O) groups is 2. The van der Waals surface area contributed by atoms with Crippen molar-refractivity contribution in [3.8, 4) is 16.9 Å². The van der Waals surface area contributed by atoms with Gasteiger partial charge in [0.2, 0.25) is 0 Å². The lowest BCUT2D eigenvalue weighted by Gasteiger charge is -2.19. The SMILES string of the molecule is CSC[C@H](NC(=O)COc1ccc2c(-c3ccccc3)cc(=O)oc2c1C)C(=O)[O-]. The fraction of sp³-hybridized carbons (Fsp3) is 0.227. The van der Waals surface area contributed by atoms with Crippen LogP contribution < -0.4 is 20.8 Å². The van der Waals surface area contributed by atoms with Gasteiger partial charge in [-0.1, -0.05) is 30.3 Å². The van der Waals surface area contributed by atoms with E-state index in [1.54, 1.807) is 25.3 Å². The molecule has 1 amide bonds. The van der Waals surface area contributed by atoms with Crippen LogP contribution >= 0.6 is 11.8 Å². The Kier molecular flexibility index (Phi) is 6.79. The number of hydrogen-bond acceptors (Lipinski definition) is 7. The number of thioether (sulfide) groups is 1. The standard InChI is InChI=1S/C22H21NO6S/c1-13-18(28-11-19(24)23-17(12-30-2)22(26)27)9-8-15-16(10-20(25)29-21(13)15)14-6-4-3-5-7-14/h3-10,17H,11-12H2,1-2H3,(H,23,24)(H,26,27)/p-1/t17-/m0/s1. The summed E-state index contributed by atoms with van der Waals surface area (Å²) in [5.41, 5.74) is 2.06. The maximum absolute atomic E-state index is 12.1. The average Bonchev–Trinajstić information content (AvgIpc) is 2.73. The van der Waals surface area contributed by atoms with Crippen molar-refractivity contribution in [2.24, 2.45) is 0 Å². The third kappa shape index (κ3) is 4.83. The molecular weight excluding hydrogens is 406 g/mol. The highest BCUT2D eigenvalue weighted by Crippen LogP contribution is 2.32. The van der Waals surface area contributed by atoms with E-state index >= 15 is 0 Å². The Morgan fingerprint density at radius 3 is 2.60 bits per heavy atom. The van der Waals surface area contributed by atoms with E-state index in [2.05, 4.69) is 5.32 Å². The minimum atomic E-state index is -1.35. The highest BCUT2D eigenvalue weighted by atomic mass is 32.2. The van der Waals surface area contributed by atoms with Crippen molar-refractivity contribution in [2.45, 2.75) is 13.0 Å². The van der Waals surface area contributed by atoms with Gasteiger partial charge in [-0.2, -0.15) is 11.8 Å². The van der Waals surface area contributed by atoms with Gasteiger partial charge in [-0.25, -0.2) is 4.79 Å². The zero-order valence-electron chi connectivity index (χ0n) is 16.5. The molecule has 30 heavy (non-hydrogen) atoms. The van der Waals surface area contributed by atoms with Crippen LogP contribution in [-0.4, -0.2) is 36.5 Å². The van der Waals surface area contributed by atoms with Gasteiger partial charge in [0.15, 0.2) is 6.61 Å². The molecule has 0 saturated carbocycles. The second-order valence-electron chi connectivity index (χ2n) is 6.59. The minimum absolute atomic E-state index is 0.191. The smallest absolute Gasteiger partial charge is 0.336 e. The molecule has 8 heteroatoms. The number of fused-ring (bicyclic) bond motifs is 1. The van der Waals surface area contributed by atoms with Crippen LogP contribution in [0.4, 0.5) is 0 Å². The summed E-state index contributed by atoms with van der Waals surface area (Å²) >= 11 is 1.28. The van der Waals surface area contributed by atoms with Gasteiger partial charge in [0.25, 0.3) is 5.91 Å². The van der Waals surface area contributed by atoms with Crippen LogP contribution in [0, 0.1) is 6.92 Å². The summed E-state index contributed by atoms with van der Waals surface area (Å²) in [6.07, 6.45) is 1.73. The normalized spacial score (nSPS) is 11.8. The van der Waals surface area contributed by atoms with E-state index in [9.17, 15) is 19.5 Å². The predicted octanol–water partition coefficient (Wildman–Crippen LogP) is 1.74. The highest BCUT2D eigenvalue weighted by Gasteiger charge is 2.16. The number of carboxylic acids is 1. The lowest BCUT2D eigenvalue weighted by atomic mass is 10.0. The molecule has 0 unspecified atom stereocenters. The number of rotatable bonds is 8. The molecule has 0 saturated heterocycles. The van der Waals surface area contributed by atoms with Crippen LogP contribution in [0.2, 0.25) is 0 Å². The molecule has 1 heterocycles. The van der Waals surface area contributed by atoms with Crippen molar-refractivity contribution in [3.05, 3.63) is 64.5 Å². The second-order valence-corrected chi connectivity index (χ2v) is 7.50. The van der Waals surface area contributed by atoms with Crippen LogP contribution in [0.25, 0.3) is 22.1 Å². The molecule has 0 aliphatic carbocycles. The van der Waals surface area contributed by atoms with Gasteiger partial charge < -0.3 is 24.4 Å². The van der Waals surface area contributed by atoms with Crippen LogP contribution in [0.15, 0.2) is 57.7 Å². The summed E-state index contributed by atoms with van der Waals surface area (Å²) in [4.78, 5) is 35.2. The number of carboxylic acid groups (broad SMARTS) is 1. The number of ether oxygens (including phenoxy) is 1. The number of aryl methyl sites for hydroxylation is 1. The van der Waals surface area contributed by atoms with E-state index in [0.717, 1.165) is 16.5 Å². The molecule has 0 spiro atoms. The minimum Gasteiger partial charge on any atom is -0.548 e. The number of aliphatic carboxylic acids is 1. The molecule has 7 nitrogen and oxygen atoms in total. The Bertz CT molecular complexity index is 1130. The van der Waals surface area contributed by atoms with E-state index in [1.165, 1.54) is 17.8 Å². The number of hydrogen-bond donors (Lipinski definition) is 1. The molecule has 0 aliphatic heterocycles. The van der Waals surface area contributed by atoms with Gasteiger partial charge in [-0.15, -0.1) is 0 Å². The second kappa shape index (κ2) is 9.49. The third-order valence-corrected chi connectivity index (χ3v) is 5.17. The van der Waals surface area contributed by atoms with E-state index in [0.29, 0.717) is 16.9 Å². The van der Waals surface area contributed by atoms with Gasteiger partial charge >= 0.3 is 5.63 Å². The maximum Gasteiger partial charge on any atom is 0.336 e. The lowest BCUT2D eigenvalue weighted by Crippen LogP contribution is -2.50. The fourth-order valence-corrected chi connectivity index (χ4v) is 3.62. The van der Waals surface area contributed by atoms with Crippen LogP contribution in [0.3, 0.4) is 0 Å². The summed E-state index contributed by atoms with van der Waals surface area (Å²) in [6, 6.07) is 13.3. The first kappa shape index (κ1) is 21.4. The summed E-state index contributed by atoms with van der Waals surface area (Å²) in [7, 11) is 0. The van der Waals surface area contributed by atoms with Crippen LogP contribution in [-0.2, 0) is 9.59 Å². The summed E-state index contributed by atoms with van der Waals surface area (Å²) in [6.45, 7) is 1.35. The number of amides is 1. The molecule has 1 N–H and O–H groups in total. The van der Waals surface area contributed by atoms with Crippen molar-refractivity contribution in [3.63, 3.8) is 0 Å². The molecular formula is C22H20NO6S-. The molecule has 1 aromatic heterocycles. The van der Waals surface area contributed by atoms with E-state index in [4.69, 9.17) is 9.15 Å². The van der Waals surface area contributed by atoms with Gasteiger partial charge in [-0.05, 0) is 36.4 Å². The topological polar surface area (TPSA) is 109 Å². The largest absolute Gasteiger partial charge is 0.548 e. The first-order chi connectivity index (χ1) is 14.4. The zero-order chi connectivity index (χ0) is 21.7. The quantitative estimate of drug-likeness (QED) is 0.547. The number of carbonyl (C=O) groups excluding carboxylic acids is 2. The summed E-state index contributed by atoms with van der Waals surface area (Å²) in [5.74, 6) is -1.39. The van der Waals surface area contributed by atoms with E-state index < -0.39 is 23.5 Å². The van der Waals surface area contributed by atoms with Gasteiger partial charge in [0.05, 0.1) is 12.0 Å². The molecule has 0 bridgehead atoms. The van der Waals surface area contributed by atoms with E-state index in [1.807, 2.05) is 30.3 Å². The van der Waals surface area contributed by atoms with E-state index in [-0.39, 0.29) is 12.4 Å². The molecule has 0 fully saturated rings. The van der Waals surface area contributed by atoms with Crippen molar-refractivity contribution in [1.29, 1.82) is 0 Å². The monoisotopic (exact) mass is 426 g/mol. The van der Waals surface area contributed by atoms with Crippen LogP contribution in [0.1, 0.15) is 5.56 Å². The zero-order valence-corrected chi connectivity index (χ0v) is 17.3. The van der Waals surface area contributed by atoms with Crippen molar-refractivity contribution < 1.29 is 23.8 Å². The Labute approximate surface area is 177 Å². The van der Waals surface area contributed by atoms with Crippen molar-refractivity contribution in [1.82, 2.24) is 5.32 Å². The Hall–Kier alpha value is -3.26. The maximum atomic E-state index is 12.1. The fourth-order valence-electron chi connectivity index (χ4n) is 3.07. The third-order valence-electron chi connectivity index (χ3n) is 4.51. The molecule has 1 atom stereocenters. The molecule has 0 aliphatic rings. The van der Waals surface area contributed by atoms with Gasteiger partial charge in [0, 0.05) is 22.8 Å². The predicted molar refractivity (Wildman–Crippen MR) is 113 cm³/mol. The Morgan fingerprint density at radius 2 is 1.93 bits per heavy atom. The summed E-state index contributed by atoms with van der Waals surface area (Å²) in [5, 5.41) is 14.2. The first-order valence-electron chi connectivity index (χ1n) is 9.15. The highest BCUT2D eigenvalue weighted by molar-refractivity contribution is 7.98.